The number of benzene rings is 2. The van der Waals surface area contributed by atoms with Gasteiger partial charge in [0, 0.05) is 10.9 Å². The van der Waals surface area contributed by atoms with Gasteiger partial charge >= 0.3 is 12.1 Å². The van der Waals surface area contributed by atoms with Crippen LogP contribution in [0.25, 0.3) is 0 Å². The van der Waals surface area contributed by atoms with Gasteiger partial charge in [-0.15, -0.1) is 0 Å². The second-order valence-corrected chi connectivity index (χ2v) is 5.93. The van der Waals surface area contributed by atoms with Crippen LogP contribution in [0.1, 0.15) is 11.1 Å². The molecule has 0 heterocycles. The minimum absolute atomic E-state index is 0.135. The Morgan fingerprint density at radius 1 is 1.08 bits per heavy atom. The van der Waals surface area contributed by atoms with Crippen LogP contribution in [0.15, 0.2) is 59.1 Å². The number of alkyl carbamates (subject to hydrolysis) is 1. The average molecular weight is 392 g/mol. The van der Waals surface area contributed by atoms with Crippen molar-refractivity contribution in [3.63, 3.8) is 0 Å². The normalized spacial score (nSPS) is 11.4. The Hall–Kier alpha value is -2.34. The van der Waals surface area contributed by atoms with E-state index in [9.17, 15) is 9.59 Å². The number of methoxy groups -OCH3 is 1. The maximum atomic E-state index is 12.0. The number of amides is 1. The third kappa shape index (κ3) is 5.38. The monoisotopic (exact) mass is 391 g/mol. The largest absolute Gasteiger partial charge is 0.467 e. The molecular weight excluding hydrogens is 374 g/mol. The van der Waals surface area contributed by atoms with E-state index >= 15 is 0 Å². The van der Waals surface area contributed by atoms with E-state index < -0.39 is 18.1 Å². The van der Waals surface area contributed by atoms with Gasteiger partial charge in [-0.3, -0.25) is 0 Å². The van der Waals surface area contributed by atoms with Crippen LogP contribution in [0.4, 0.5) is 4.79 Å². The first-order valence-electron chi connectivity index (χ1n) is 7.38. The molecule has 24 heavy (non-hydrogen) atoms. The molecule has 0 saturated carbocycles. The fraction of sp³-hybridized carbons (Fsp3) is 0.222. The van der Waals surface area contributed by atoms with Crippen LogP contribution < -0.4 is 5.32 Å². The van der Waals surface area contributed by atoms with E-state index in [4.69, 9.17) is 9.47 Å². The molecule has 1 atom stereocenters. The van der Waals surface area contributed by atoms with Gasteiger partial charge in [-0.05, 0) is 17.2 Å². The molecular formula is C18H18BrNO4. The molecule has 2 aromatic rings. The Bertz CT molecular complexity index is 690. The van der Waals surface area contributed by atoms with Crippen molar-refractivity contribution in [2.75, 3.05) is 7.11 Å². The molecule has 1 amide bonds. The lowest BCUT2D eigenvalue weighted by molar-refractivity contribution is -0.143. The van der Waals surface area contributed by atoms with Gasteiger partial charge in [-0.25, -0.2) is 9.59 Å². The summed E-state index contributed by atoms with van der Waals surface area (Å²) < 4.78 is 10.8. The summed E-state index contributed by atoms with van der Waals surface area (Å²) in [5.41, 5.74) is 1.75. The third-order valence-corrected chi connectivity index (χ3v) is 4.15. The number of nitrogens with one attached hydrogen (secondary N) is 1. The van der Waals surface area contributed by atoms with E-state index in [1.54, 1.807) is 0 Å². The Morgan fingerprint density at radius 2 is 1.75 bits per heavy atom. The van der Waals surface area contributed by atoms with Crippen molar-refractivity contribution in [3.8, 4) is 0 Å². The summed E-state index contributed by atoms with van der Waals surface area (Å²) in [6.45, 7) is 0.135. The lowest BCUT2D eigenvalue weighted by Gasteiger charge is -2.17. The predicted molar refractivity (Wildman–Crippen MR) is 93.4 cm³/mol. The molecule has 0 fully saturated rings. The van der Waals surface area contributed by atoms with Crippen molar-refractivity contribution in [2.45, 2.75) is 19.1 Å². The quantitative estimate of drug-likeness (QED) is 0.765. The Morgan fingerprint density at radius 3 is 2.42 bits per heavy atom. The highest BCUT2D eigenvalue weighted by molar-refractivity contribution is 9.10. The van der Waals surface area contributed by atoms with Crippen LogP contribution in [0.3, 0.4) is 0 Å². The lowest BCUT2D eigenvalue weighted by atomic mass is 10.1. The van der Waals surface area contributed by atoms with Gasteiger partial charge in [0.25, 0.3) is 0 Å². The van der Waals surface area contributed by atoms with E-state index in [-0.39, 0.29) is 6.61 Å². The van der Waals surface area contributed by atoms with Crippen LogP contribution in [0.5, 0.6) is 0 Å². The smallest absolute Gasteiger partial charge is 0.408 e. The van der Waals surface area contributed by atoms with E-state index in [2.05, 4.69) is 21.2 Å². The number of carbonyl (C=O) groups is 2. The van der Waals surface area contributed by atoms with E-state index in [1.807, 2.05) is 54.6 Å². The summed E-state index contributed by atoms with van der Waals surface area (Å²) in [5, 5.41) is 2.56. The SMILES string of the molecule is COC(=O)C(Cc1ccccc1Br)NC(=O)OCc1ccccc1. The van der Waals surface area contributed by atoms with Gasteiger partial charge < -0.3 is 14.8 Å². The van der Waals surface area contributed by atoms with Crippen molar-refractivity contribution in [1.82, 2.24) is 5.32 Å². The Balaban J connectivity index is 1.97. The first-order chi connectivity index (χ1) is 11.6. The zero-order valence-electron chi connectivity index (χ0n) is 13.2. The number of ether oxygens (including phenoxy) is 2. The number of hydrogen-bond acceptors (Lipinski definition) is 4. The highest BCUT2D eigenvalue weighted by atomic mass is 79.9. The second-order valence-electron chi connectivity index (χ2n) is 5.08. The van der Waals surface area contributed by atoms with Crippen LogP contribution >= 0.6 is 15.9 Å². The molecule has 0 radical (unpaired) electrons. The second kappa shape index (κ2) is 9.08. The summed E-state index contributed by atoms with van der Waals surface area (Å²) in [4.78, 5) is 23.9. The summed E-state index contributed by atoms with van der Waals surface area (Å²) in [7, 11) is 1.28. The van der Waals surface area contributed by atoms with E-state index in [1.165, 1.54) is 7.11 Å². The van der Waals surface area contributed by atoms with Gasteiger partial charge in [-0.2, -0.15) is 0 Å². The van der Waals surface area contributed by atoms with Gasteiger partial charge in [0.1, 0.15) is 12.6 Å². The minimum atomic E-state index is -0.822. The molecule has 0 aromatic heterocycles. The first-order valence-corrected chi connectivity index (χ1v) is 8.18. The molecule has 1 unspecified atom stereocenters. The minimum Gasteiger partial charge on any atom is -0.467 e. The topological polar surface area (TPSA) is 64.6 Å². The maximum Gasteiger partial charge on any atom is 0.408 e. The lowest BCUT2D eigenvalue weighted by Crippen LogP contribution is -2.43. The number of halogens is 1. The average Bonchev–Trinajstić information content (AvgIpc) is 2.61. The van der Waals surface area contributed by atoms with Crippen LogP contribution in [0, 0.1) is 0 Å². The molecule has 0 aliphatic carbocycles. The molecule has 5 nitrogen and oxygen atoms in total. The summed E-state index contributed by atoms with van der Waals surface area (Å²) in [6, 6.07) is 16.0. The fourth-order valence-corrected chi connectivity index (χ4v) is 2.57. The van der Waals surface area contributed by atoms with Crippen LogP contribution in [0.2, 0.25) is 0 Å². The van der Waals surface area contributed by atoms with Gasteiger partial charge in [0.15, 0.2) is 0 Å². The molecule has 0 saturated heterocycles. The van der Waals surface area contributed by atoms with Crippen molar-refractivity contribution in [1.29, 1.82) is 0 Å². The summed E-state index contributed by atoms with van der Waals surface area (Å²) in [6.07, 6.45) is -0.365. The summed E-state index contributed by atoms with van der Waals surface area (Å²) >= 11 is 3.43. The number of rotatable bonds is 6. The highest BCUT2D eigenvalue weighted by Crippen LogP contribution is 2.18. The van der Waals surface area contributed by atoms with Crippen molar-refractivity contribution >= 4 is 28.0 Å². The molecule has 0 aliphatic heterocycles. The van der Waals surface area contributed by atoms with Crippen molar-refractivity contribution in [3.05, 3.63) is 70.2 Å². The maximum absolute atomic E-state index is 12.0. The van der Waals surface area contributed by atoms with E-state index in [0.29, 0.717) is 6.42 Å². The fourth-order valence-electron chi connectivity index (χ4n) is 2.13. The molecule has 2 rings (SSSR count). The zero-order chi connectivity index (χ0) is 17.4. The van der Waals surface area contributed by atoms with Crippen molar-refractivity contribution < 1.29 is 19.1 Å². The molecule has 0 spiro atoms. The Kier molecular flexibility index (Phi) is 6.81. The van der Waals surface area contributed by atoms with Crippen LogP contribution in [-0.2, 0) is 27.3 Å². The van der Waals surface area contributed by atoms with Gasteiger partial charge in [0.2, 0.25) is 0 Å². The number of hydrogen-bond donors (Lipinski definition) is 1. The molecule has 6 heteroatoms. The molecule has 0 bridgehead atoms. The van der Waals surface area contributed by atoms with Crippen molar-refractivity contribution in [2.24, 2.45) is 0 Å². The first kappa shape index (κ1) is 18.0. The predicted octanol–water partition coefficient (Wildman–Crippen LogP) is 3.46. The van der Waals surface area contributed by atoms with Gasteiger partial charge in [0.05, 0.1) is 7.11 Å². The van der Waals surface area contributed by atoms with Gasteiger partial charge in [-0.1, -0.05) is 64.5 Å². The third-order valence-electron chi connectivity index (χ3n) is 3.37. The molecule has 2 aromatic carbocycles. The molecule has 126 valence electrons. The molecule has 1 N–H and O–H groups in total. The van der Waals surface area contributed by atoms with E-state index in [0.717, 1.165) is 15.6 Å². The zero-order valence-corrected chi connectivity index (χ0v) is 14.8. The number of esters is 1. The Labute approximate surface area is 149 Å². The highest BCUT2D eigenvalue weighted by Gasteiger charge is 2.23. The molecule has 0 aliphatic rings. The summed E-state index contributed by atoms with van der Waals surface area (Å²) in [5.74, 6) is -0.526. The standard InChI is InChI=1S/C18H18BrNO4/c1-23-17(21)16(11-14-9-5-6-10-15(14)19)20-18(22)24-12-13-7-3-2-4-8-13/h2-10,16H,11-12H2,1H3,(H,20,22). The van der Waals surface area contributed by atoms with Crippen LogP contribution in [-0.4, -0.2) is 25.2 Å². The number of carbonyl (C=O) groups excluding carboxylic acids is 2.